The van der Waals surface area contributed by atoms with E-state index in [1.165, 1.54) is 12.4 Å². The quantitative estimate of drug-likeness (QED) is 0.246. The Labute approximate surface area is 206 Å². The molecule has 0 saturated heterocycles. The molecule has 0 fully saturated rings. The number of rotatable bonds is 11. The molecule has 190 valence electrons. The van der Waals surface area contributed by atoms with Crippen molar-refractivity contribution >= 4 is 23.4 Å². The second kappa shape index (κ2) is 13.0. The van der Waals surface area contributed by atoms with Crippen LogP contribution in [0.5, 0.6) is 0 Å². The molecule has 0 unspecified atom stereocenters. The number of nitrogens with zero attached hydrogens (tertiary/aromatic N) is 1. The van der Waals surface area contributed by atoms with Crippen LogP contribution in [-0.2, 0) is 9.59 Å². The first-order chi connectivity index (χ1) is 16.5. The monoisotopic (exact) mass is 484 g/mol. The minimum Gasteiger partial charge on any atom is -0.391 e. The maximum atomic E-state index is 12.5. The zero-order valence-electron chi connectivity index (χ0n) is 20.9. The molecule has 2 atom stereocenters. The molecule has 0 aliphatic heterocycles. The topological polar surface area (TPSA) is 131 Å². The van der Waals surface area contributed by atoms with E-state index in [2.05, 4.69) is 43.2 Å². The van der Waals surface area contributed by atoms with Crippen LogP contribution < -0.4 is 16.1 Å². The summed E-state index contributed by atoms with van der Waals surface area (Å²) in [5.41, 5.74) is 4.19. The number of aliphatic hydroxyl groups excluding tert-OH is 1. The van der Waals surface area contributed by atoms with Crippen molar-refractivity contribution in [3.05, 3.63) is 54.1 Å². The summed E-state index contributed by atoms with van der Waals surface area (Å²) < 4.78 is 0. The van der Waals surface area contributed by atoms with Gasteiger partial charge in [0, 0.05) is 23.8 Å². The van der Waals surface area contributed by atoms with Gasteiger partial charge in [-0.05, 0) is 62.1 Å². The van der Waals surface area contributed by atoms with Gasteiger partial charge in [0.25, 0.3) is 11.8 Å². The van der Waals surface area contributed by atoms with Gasteiger partial charge in [-0.1, -0.05) is 38.1 Å². The second-order valence-corrected chi connectivity index (χ2v) is 9.29. The molecule has 0 bridgehead atoms. The lowest BCUT2D eigenvalue weighted by atomic mass is 10.0. The number of hydrogen-bond donors (Lipinski definition) is 5. The van der Waals surface area contributed by atoms with Crippen LogP contribution in [0.3, 0.4) is 0 Å². The molecule has 9 heteroatoms. The average molecular weight is 485 g/mol. The fourth-order valence-electron chi connectivity index (χ4n) is 3.57. The molecule has 2 aromatic carbocycles. The number of carbonyl (C=O) groups excluding carboxylic acids is 3. The Kier molecular flexibility index (Phi) is 10.4. The van der Waals surface area contributed by atoms with Gasteiger partial charge in [0.1, 0.15) is 6.04 Å². The smallest absolute Gasteiger partial charge is 0.268 e. The summed E-state index contributed by atoms with van der Waals surface area (Å²) in [7, 11) is 0. The number of nitrogens with one attached hydrogen (secondary N) is 3. The summed E-state index contributed by atoms with van der Waals surface area (Å²) in [6, 6.07) is 13.2. The molecule has 5 N–H and O–H groups in total. The molecule has 35 heavy (non-hydrogen) atoms. The van der Waals surface area contributed by atoms with E-state index < -0.39 is 24.0 Å². The van der Waals surface area contributed by atoms with Gasteiger partial charge in [-0.2, -0.15) is 0 Å². The Bertz CT molecular complexity index is 988. The maximum Gasteiger partial charge on any atom is 0.268 e. The summed E-state index contributed by atoms with van der Waals surface area (Å²) in [5, 5.41) is 23.8. The molecule has 3 amide bonds. The number of hydrogen-bond acceptors (Lipinski definition) is 6. The van der Waals surface area contributed by atoms with E-state index in [0.717, 1.165) is 17.7 Å². The fourth-order valence-corrected chi connectivity index (χ4v) is 3.57. The minimum atomic E-state index is -1.28. The molecule has 0 aliphatic carbocycles. The standard InChI is InChI=1S/C26H36N4O5/c1-16(2)14-30(17(3)4)15-23(32)27-22-12-10-20(11-13-22)19-6-8-21(9-7-19)25(33)28-24(18(5)31)26(34)29-35/h6-13,16-18,24,31,35H,14-15H2,1-5H3,(H,27,32)(H,28,33)(H,29,34)/t18-,24+/m1/s1. The van der Waals surface area contributed by atoms with Gasteiger partial charge in [-0.25, -0.2) is 5.48 Å². The summed E-state index contributed by atoms with van der Waals surface area (Å²) in [4.78, 5) is 38.7. The lowest BCUT2D eigenvalue weighted by molar-refractivity contribution is -0.133. The van der Waals surface area contributed by atoms with Gasteiger partial charge in [0.05, 0.1) is 12.6 Å². The van der Waals surface area contributed by atoms with Crippen molar-refractivity contribution in [3.63, 3.8) is 0 Å². The average Bonchev–Trinajstić information content (AvgIpc) is 2.81. The van der Waals surface area contributed by atoms with Crippen LogP contribution >= 0.6 is 0 Å². The fraction of sp³-hybridized carbons (Fsp3) is 0.423. The van der Waals surface area contributed by atoms with E-state index in [4.69, 9.17) is 5.21 Å². The van der Waals surface area contributed by atoms with E-state index in [9.17, 15) is 19.5 Å². The van der Waals surface area contributed by atoms with Crippen LogP contribution in [0.4, 0.5) is 5.69 Å². The lowest BCUT2D eigenvalue weighted by Crippen LogP contribution is -2.51. The Morgan fingerprint density at radius 2 is 1.43 bits per heavy atom. The zero-order chi connectivity index (χ0) is 26.1. The molecule has 0 aromatic heterocycles. The van der Waals surface area contributed by atoms with Crippen molar-refractivity contribution < 1.29 is 24.7 Å². The maximum absolute atomic E-state index is 12.5. The number of anilines is 1. The summed E-state index contributed by atoms with van der Waals surface area (Å²) in [5.74, 6) is -1.06. The molecule has 0 spiro atoms. The van der Waals surface area contributed by atoms with Crippen molar-refractivity contribution in [2.24, 2.45) is 5.92 Å². The van der Waals surface area contributed by atoms with Gasteiger partial charge in [-0.15, -0.1) is 0 Å². The van der Waals surface area contributed by atoms with E-state index >= 15 is 0 Å². The van der Waals surface area contributed by atoms with Crippen LogP contribution in [0, 0.1) is 5.92 Å². The third-order valence-electron chi connectivity index (χ3n) is 5.49. The Morgan fingerprint density at radius 3 is 1.89 bits per heavy atom. The van der Waals surface area contributed by atoms with Crippen molar-refractivity contribution in [1.29, 1.82) is 0 Å². The molecule has 0 aliphatic rings. The lowest BCUT2D eigenvalue weighted by Gasteiger charge is -2.27. The molecular formula is C26H36N4O5. The second-order valence-electron chi connectivity index (χ2n) is 9.29. The van der Waals surface area contributed by atoms with E-state index in [1.54, 1.807) is 24.3 Å². The molecular weight excluding hydrogens is 448 g/mol. The highest BCUT2D eigenvalue weighted by molar-refractivity contribution is 5.98. The van der Waals surface area contributed by atoms with Gasteiger partial charge in [0.2, 0.25) is 5.91 Å². The van der Waals surface area contributed by atoms with Crippen molar-refractivity contribution in [2.45, 2.75) is 52.8 Å². The third kappa shape index (κ3) is 8.47. The van der Waals surface area contributed by atoms with Crippen LogP contribution in [-0.4, -0.2) is 64.2 Å². The third-order valence-corrected chi connectivity index (χ3v) is 5.49. The number of amides is 3. The van der Waals surface area contributed by atoms with Crippen LogP contribution in [0.25, 0.3) is 11.1 Å². The molecule has 2 rings (SSSR count). The van der Waals surface area contributed by atoms with E-state index in [-0.39, 0.29) is 11.9 Å². The van der Waals surface area contributed by atoms with Crippen molar-refractivity contribution in [3.8, 4) is 11.1 Å². The van der Waals surface area contributed by atoms with Crippen LogP contribution in [0.2, 0.25) is 0 Å². The normalized spacial score (nSPS) is 13.0. The minimum absolute atomic E-state index is 0.0622. The van der Waals surface area contributed by atoms with E-state index in [0.29, 0.717) is 23.7 Å². The SMILES string of the molecule is CC(C)CN(CC(=O)Nc1ccc(-c2ccc(C(=O)N[C@H](C(=O)NO)[C@@H](C)O)cc2)cc1)C(C)C. The number of aliphatic hydroxyl groups is 1. The predicted molar refractivity (Wildman–Crippen MR) is 135 cm³/mol. The van der Waals surface area contributed by atoms with Gasteiger partial charge in [-0.3, -0.25) is 24.5 Å². The first-order valence-corrected chi connectivity index (χ1v) is 11.7. The van der Waals surface area contributed by atoms with Crippen LogP contribution in [0.15, 0.2) is 48.5 Å². The van der Waals surface area contributed by atoms with Gasteiger partial charge in [0.15, 0.2) is 0 Å². The summed E-state index contributed by atoms with van der Waals surface area (Å²) in [6.07, 6.45) is -1.19. The molecule has 0 saturated carbocycles. The van der Waals surface area contributed by atoms with Gasteiger partial charge >= 0.3 is 0 Å². The first kappa shape index (κ1) is 28.0. The Balaban J connectivity index is 2.01. The zero-order valence-corrected chi connectivity index (χ0v) is 20.9. The van der Waals surface area contributed by atoms with Crippen molar-refractivity contribution in [1.82, 2.24) is 15.7 Å². The van der Waals surface area contributed by atoms with Gasteiger partial charge < -0.3 is 15.7 Å². The first-order valence-electron chi connectivity index (χ1n) is 11.7. The van der Waals surface area contributed by atoms with Crippen molar-refractivity contribution in [2.75, 3.05) is 18.4 Å². The highest BCUT2D eigenvalue weighted by Gasteiger charge is 2.25. The number of hydroxylamine groups is 1. The number of carbonyl (C=O) groups is 3. The summed E-state index contributed by atoms with van der Waals surface area (Å²) in [6.45, 7) is 10.9. The molecule has 0 radical (unpaired) electrons. The Hall–Kier alpha value is -3.27. The highest BCUT2D eigenvalue weighted by Crippen LogP contribution is 2.22. The predicted octanol–water partition coefficient (Wildman–Crippen LogP) is 2.64. The largest absolute Gasteiger partial charge is 0.391 e. The Morgan fingerprint density at radius 1 is 0.886 bits per heavy atom. The molecule has 2 aromatic rings. The number of benzene rings is 2. The van der Waals surface area contributed by atoms with E-state index in [1.807, 2.05) is 24.3 Å². The van der Waals surface area contributed by atoms with Crippen LogP contribution in [0.1, 0.15) is 45.0 Å². The molecule has 0 heterocycles. The highest BCUT2D eigenvalue weighted by atomic mass is 16.5. The summed E-state index contributed by atoms with van der Waals surface area (Å²) >= 11 is 0. The molecule has 9 nitrogen and oxygen atoms in total.